The minimum atomic E-state index is -0.524. The second-order valence-corrected chi connectivity index (χ2v) is 7.89. The van der Waals surface area contributed by atoms with Gasteiger partial charge in [0.15, 0.2) is 5.78 Å². The van der Waals surface area contributed by atoms with Crippen molar-refractivity contribution in [1.82, 2.24) is 9.97 Å². The van der Waals surface area contributed by atoms with Crippen LogP contribution in [0.2, 0.25) is 0 Å². The van der Waals surface area contributed by atoms with Gasteiger partial charge in [0, 0.05) is 11.1 Å². The van der Waals surface area contributed by atoms with Gasteiger partial charge in [-0.05, 0) is 36.2 Å². The van der Waals surface area contributed by atoms with Gasteiger partial charge in [0.1, 0.15) is 17.8 Å². The predicted octanol–water partition coefficient (Wildman–Crippen LogP) is 3.42. The highest BCUT2D eigenvalue weighted by Crippen LogP contribution is 2.66. The minimum Gasteiger partial charge on any atom is -0.298 e. The quantitative estimate of drug-likeness (QED) is 0.634. The van der Waals surface area contributed by atoms with Gasteiger partial charge in [-0.15, -0.1) is 0 Å². The van der Waals surface area contributed by atoms with Gasteiger partial charge in [-0.3, -0.25) is 9.59 Å². The van der Waals surface area contributed by atoms with Crippen LogP contribution in [0.25, 0.3) is 0 Å². The summed E-state index contributed by atoms with van der Waals surface area (Å²) in [6.45, 7) is 10.4. The highest BCUT2D eigenvalue weighted by Gasteiger charge is 2.67. The van der Waals surface area contributed by atoms with E-state index in [1.54, 1.807) is 6.07 Å². The van der Waals surface area contributed by atoms with E-state index in [1.165, 1.54) is 6.33 Å². The van der Waals surface area contributed by atoms with Gasteiger partial charge in [0.25, 0.3) is 0 Å². The normalized spacial score (nSPS) is 32.7. The Balaban J connectivity index is 1.97. The van der Waals surface area contributed by atoms with Crippen LogP contribution in [-0.2, 0) is 4.79 Å². The van der Waals surface area contributed by atoms with Gasteiger partial charge in [0.2, 0.25) is 0 Å². The van der Waals surface area contributed by atoms with Crippen molar-refractivity contribution >= 4 is 11.6 Å². The molecule has 2 aliphatic carbocycles. The van der Waals surface area contributed by atoms with Crippen LogP contribution in [0.15, 0.2) is 12.4 Å². The molecule has 0 spiro atoms. The van der Waals surface area contributed by atoms with Crippen LogP contribution in [-0.4, -0.2) is 21.5 Å². The number of aromatic nitrogens is 2. The number of ketones is 2. The number of carbonyl (C=O) groups excluding carboxylic acids is 2. The summed E-state index contributed by atoms with van der Waals surface area (Å²) in [5, 5.41) is 0. The number of rotatable bonds is 3. The van der Waals surface area contributed by atoms with E-state index in [-0.39, 0.29) is 34.2 Å². The molecule has 4 nitrogen and oxygen atoms in total. The Labute approximate surface area is 131 Å². The number of Topliss-reactive ketones (excluding diaryl/α,β-unsaturated/α-hetero) is 2. The lowest BCUT2D eigenvalue weighted by Crippen LogP contribution is -2.35. The van der Waals surface area contributed by atoms with Crippen LogP contribution in [0.3, 0.4) is 0 Å². The van der Waals surface area contributed by atoms with Crippen molar-refractivity contribution in [3.05, 3.63) is 23.8 Å². The van der Waals surface area contributed by atoms with E-state index in [1.807, 2.05) is 20.8 Å². The fraction of sp³-hybridized carbons (Fsp3) is 0.667. The van der Waals surface area contributed by atoms with E-state index in [2.05, 4.69) is 23.8 Å². The Kier molecular flexibility index (Phi) is 3.28. The fourth-order valence-corrected chi connectivity index (χ4v) is 4.37. The van der Waals surface area contributed by atoms with Gasteiger partial charge in [0.05, 0.1) is 5.92 Å². The molecule has 0 saturated heterocycles. The molecule has 3 unspecified atom stereocenters. The third kappa shape index (κ3) is 1.82. The van der Waals surface area contributed by atoms with Crippen molar-refractivity contribution in [2.24, 2.45) is 22.7 Å². The predicted molar refractivity (Wildman–Crippen MR) is 83.6 cm³/mol. The molecule has 2 fully saturated rings. The molecule has 0 amide bonds. The first-order valence-electron chi connectivity index (χ1n) is 8.10. The van der Waals surface area contributed by atoms with Crippen molar-refractivity contribution in [2.45, 2.75) is 53.4 Å². The van der Waals surface area contributed by atoms with E-state index in [0.717, 1.165) is 18.5 Å². The van der Waals surface area contributed by atoms with Gasteiger partial charge >= 0.3 is 0 Å². The minimum absolute atomic E-state index is 0.113. The average Bonchev–Trinajstić information content (AvgIpc) is 2.79. The zero-order valence-electron chi connectivity index (χ0n) is 14.0. The molecule has 3 atom stereocenters. The highest BCUT2D eigenvalue weighted by molar-refractivity contribution is 6.13. The third-order valence-corrected chi connectivity index (χ3v) is 6.35. The molecule has 1 heterocycles. The second-order valence-electron chi connectivity index (χ2n) is 7.89. The Morgan fingerprint density at radius 2 is 1.95 bits per heavy atom. The lowest BCUT2D eigenvalue weighted by molar-refractivity contribution is -0.130. The lowest BCUT2D eigenvalue weighted by atomic mass is 9.70. The average molecular weight is 300 g/mol. The van der Waals surface area contributed by atoms with Crippen molar-refractivity contribution in [1.29, 1.82) is 0 Å². The smallest absolute Gasteiger partial charge is 0.192 e. The summed E-state index contributed by atoms with van der Waals surface area (Å²) in [6.07, 6.45) is 3.29. The molecular formula is C18H24N2O2. The summed E-state index contributed by atoms with van der Waals surface area (Å²) >= 11 is 0. The van der Waals surface area contributed by atoms with Crippen LogP contribution in [0.5, 0.6) is 0 Å². The zero-order valence-corrected chi connectivity index (χ0v) is 14.0. The van der Waals surface area contributed by atoms with Crippen LogP contribution in [0.1, 0.15) is 69.6 Å². The van der Waals surface area contributed by atoms with Crippen LogP contribution >= 0.6 is 0 Å². The van der Waals surface area contributed by atoms with Crippen LogP contribution < -0.4 is 0 Å². The Bertz CT molecular complexity index is 650. The molecule has 0 aliphatic heterocycles. The maximum atomic E-state index is 12.9. The molecule has 2 saturated carbocycles. The van der Waals surface area contributed by atoms with Gasteiger partial charge in [-0.1, -0.05) is 34.6 Å². The molecule has 1 aromatic heterocycles. The molecule has 118 valence electrons. The number of hydrogen-bond donors (Lipinski definition) is 0. The molecule has 0 radical (unpaired) electrons. The summed E-state index contributed by atoms with van der Waals surface area (Å²) in [5.74, 6) is -0.155. The summed E-state index contributed by atoms with van der Waals surface area (Å²) in [6, 6.07) is 1.75. The van der Waals surface area contributed by atoms with Crippen molar-refractivity contribution < 1.29 is 9.59 Å². The molecule has 3 rings (SSSR count). The molecule has 0 aromatic carbocycles. The highest BCUT2D eigenvalue weighted by atomic mass is 16.2. The molecule has 1 aromatic rings. The van der Waals surface area contributed by atoms with E-state index >= 15 is 0 Å². The van der Waals surface area contributed by atoms with Gasteiger partial charge < -0.3 is 0 Å². The molecule has 2 bridgehead atoms. The summed E-state index contributed by atoms with van der Waals surface area (Å²) in [4.78, 5) is 34.2. The number of fused-ring (bicyclic) bond motifs is 2. The zero-order chi connectivity index (χ0) is 16.3. The Hall–Kier alpha value is -1.58. The summed E-state index contributed by atoms with van der Waals surface area (Å²) in [7, 11) is 0. The molecular weight excluding hydrogens is 276 g/mol. The first-order valence-corrected chi connectivity index (χ1v) is 8.10. The first-order chi connectivity index (χ1) is 10.2. The van der Waals surface area contributed by atoms with E-state index in [4.69, 9.17) is 0 Å². The molecule has 0 N–H and O–H groups in total. The van der Waals surface area contributed by atoms with Crippen LogP contribution in [0, 0.1) is 22.7 Å². The molecule has 2 aliphatic rings. The molecule has 4 heteroatoms. The number of carbonyl (C=O) groups is 2. The largest absolute Gasteiger partial charge is 0.298 e. The summed E-state index contributed by atoms with van der Waals surface area (Å²) in [5.41, 5.74) is 0.757. The number of nitrogens with zero attached hydrogens (tertiary/aromatic N) is 2. The van der Waals surface area contributed by atoms with Gasteiger partial charge in [-0.25, -0.2) is 9.97 Å². The monoisotopic (exact) mass is 300 g/mol. The third-order valence-electron chi connectivity index (χ3n) is 6.35. The van der Waals surface area contributed by atoms with Crippen molar-refractivity contribution in [3.8, 4) is 0 Å². The van der Waals surface area contributed by atoms with Crippen LogP contribution in [0.4, 0.5) is 0 Å². The SMILES string of the molecule is CC(C)c1cc(C(=O)C2C(=O)C3(C)CCC2C3(C)C)ncn1. The Morgan fingerprint density at radius 3 is 2.50 bits per heavy atom. The number of hydrogen-bond acceptors (Lipinski definition) is 4. The van der Waals surface area contributed by atoms with E-state index in [0.29, 0.717) is 5.69 Å². The van der Waals surface area contributed by atoms with E-state index in [9.17, 15) is 9.59 Å². The standard InChI is InChI=1S/C18H24N2O2/c1-10(2)12-8-13(20-9-19-12)15(21)14-11-6-7-18(5,16(14)22)17(11,3)4/h8-11,14H,6-7H2,1-5H3. The second kappa shape index (κ2) is 4.71. The first kappa shape index (κ1) is 15.3. The maximum absolute atomic E-state index is 12.9. The van der Waals surface area contributed by atoms with Crippen molar-refractivity contribution in [2.75, 3.05) is 0 Å². The Morgan fingerprint density at radius 1 is 1.27 bits per heavy atom. The fourth-order valence-electron chi connectivity index (χ4n) is 4.37. The topological polar surface area (TPSA) is 59.9 Å². The lowest BCUT2D eigenvalue weighted by Gasteiger charge is -2.32. The maximum Gasteiger partial charge on any atom is 0.192 e. The summed E-state index contributed by atoms with van der Waals surface area (Å²) < 4.78 is 0. The van der Waals surface area contributed by atoms with Gasteiger partial charge in [-0.2, -0.15) is 0 Å². The van der Waals surface area contributed by atoms with Crippen molar-refractivity contribution in [3.63, 3.8) is 0 Å². The molecule has 22 heavy (non-hydrogen) atoms. The van der Waals surface area contributed by atoms with E-state index < -0.39 is 5.92 Å².